The molecule has 0 atom stereocenters. The van der Waals surface area contributed by atoms with E-state index in [1.54, 1.807) is 27.7 Å². The van der Waals surface area contributed by atoms with Crippen LogP contribution in [0.5, 0.6) is 0 Å². The molecule has 0 aromatic carbocycles. The van der Waals surface area contributed by atoms with Crippen molar-refractivity contribution in [3.05, 3.63) is 0 Å². The summed E-state index contributed by atoms with van der Waals surface area (Å²) in [5, 5.41) is 8.34. The molecule has 0 saturated carbocycles. The number of hydrogen-bond acceptors (Lipinski definition) is 3. The van der Waals surface area contributed by atoms with Crippen LogP contribution in [-0.4, -0.2) is 19.4 Å². The largest absolute Gasteiger partial charge is 0.229 e. The first kappa shape index (κ1) is 12.4. The highest BCUT2D eigenvalue weighted by Crippen LogP contribution is 2.20. The Kier molecular flexibility index (Phi) is 3.92. The lowest BCUT2D eigenvalue weighted by Gasteiger charge is -2.15. The molecule has 76 valence electrons. The van der Waals surface area contributed by atoms with E-state index in [-0.39, 0.29) is 11.0 Å². The van der Waals surface area contributed by atoms with Gasteiger partial charge in [0.1, 0.15) is 0 Å². The third kappa shape index (κ3) is 4.28. The Balaban J connectivity index is 4.29. The Morgan fingerprint density at radius 1 is 1.38 bits per heavy atom. The van der Waals surface area contributed by atoms with Gasteiger partial charge in [-0.1, -0.05) is 0 Å². The fraction of sp³-hybridized carbons (Fsp3) is 0.889. The maximum absolute atomic E-state index is 11.4. The Morgan fingerprint density at radius 3 is 2.15 bits per heavy atom. The van der Waals surface area contributed by atoms with Crippen LogP contribution in [0.3, 0.4) is 0 Å². The predicted octanol–water partition coefficient (Wildman–Crippen LogP) is 1.75. The van der Waals surface area contributed by atoms with E-state index in [1.165, 1.54) is 0 Å². The van der Waals surface area contributed by atoms with Gasteiger partial charge in [-0.3, -0.25) is 0 Å². The summed E-state index contributed by atoms with van der Waals surface area (Å²) in [7, 11) is -2.99. The zero-order chi connectivity index (χ0) is 10.7. The first-order chi connectivity index (χ1) is 5.71. The second-order valence-electron chi connectivity index (χ2n) is 4.16. The topological polar surface area (TPSA) is 57.9 Å². The van der Waals surface area contributed by atoms with Crippen molar-refractivity contribution in [3.8, 4) is 6.07 Å². The number of rotatable bonds is 4. The first-order valence-corrected chi connectivity index (χ1v) is 6.05. The summed E-state index contributed by atoms with van der Waals surface area (Å²) >= 11 is 0. The number of hydrogen-bond donors (Lipinski definition) is 0. The quantitative estimate of drug-likeness (QED) is 0.699. The van der Waals surface area contributed by atoms with Gasteiger partial charge >= 0.3 is 0 Å². The Labute approximate surface area is 80.7 Å². The summed E-state index contributed by atoms with van der Waals surface area (Å²) in [5.41, 5.74) is -0.540. The van der Waals surface area contributed by atoms with Crippen molar-refractivity contribution in [2.24, 2.45) is 5.41 Å². The molecular formula is C9H17NO2S. The van der Waals surface area contributed by atoms with E-state index in [2.05, 4.69) is 6.07 Å². The summed E-state index contributed by atoms with van der Waals surface area (Å²) in [6, 6.07) is 2.09. The summed E-state index contributed by atoms with van der Waals surface area (Å²) < 4.78 is 22.8. The van der Waals surface area contributed by atoms with Crippen molar-refractivity contribution in [3.63, 3.8) is 0 Å². The van der Waals surface area contributed by atoms with Crippen LogP contribution in [0.15, 0.2) is 0 Å². The van der Waals surface area contributed by atoms with Gasteiger partial charge in [0.2, 0.25) is 0 Å². The van der Waals surface area contributed by atoms with E-state index in [4.69, 9.17) is 5.26 Å². The van der Waals surface area contributed by atoms with Crippen LogP contribution < -0.4 is 0 Å². The van der Waals surface area contributed by atoms with Crippen LogP contribution in [0.4, 0.5) is 0 Å². The molecule has 0 aromatic rings. The minimum atomic E-state index is -2.99. The van der Waals surface area contributed by atoms with Crippen LogP contribution in [-0.2, 0) is 9.84 Å². The molecule has 0 radical (unpaired) electrons. The molecule has 0 aliphatic rings. The maximum Gasteiger partial charge on any atom is 0.152 e. The van der Waals surface area contributed by atoms with Gasteiger partial charge in [-0.25, -0.2) is 8.42 Å². The van der Waals surface area contributed by atoms with Gasteiger partial charge < -0.3 is 0 Å². The molecule has 13 heavy (non-hydrogen) atoms. The zero-order valence-corrected chi connectivity index (χ0v) is 9.48. The van der Waals surface area contributed by atoms with Crippen LogP contribution in [0.25, 0.3) is 0 Å². The van der Waals surface area contributed by atoms with Gasteiger partial charge in [0.25, 0.3) is 0 Å². The van der Waals surface area contributed by atoms with Gasteiger partial charge in [-0.2, -0.15) is 5.26 Å². The second kappa shape index (κ2) is 4.10. The third-order valence-corrected chi connectivity index (χ3v) is 4.24. The molecule has 0 rings (SSSR count). The van der Waals surface area contributed by atoms with Crippen LogP contribution in [0.1, 0.15) is 34.1 Å². The van der Waals surface area contributed by atoms with Crippen molar-refractivity contribution in [2.45, 2.75) is 39.4 Å². The molecule has 0 amide bonds. The molecule has 0 bridgehead atoms. The van der Waals surface area contributed by atoms with E-state index in [0.717, 1.165) is 0 Å². The van der Waals surface area contributed by atoms with Crippen molar-refractivity contribution in [2.75, 3.05) is 5.75 Å². The average Bonchev–Trinajstić information content (AvgIpc) is 2.01. The van der Waals surface area contributed by atoms with Crippen molar-refractivity contribution < 1.29 is 8.42 Å². The molecular weight excluding hydrogens is 186 g/mol. The Bertz CT molecular complexity index is 296. The van der Waals surface area contributed by atoms with E-state index in [1.807, 2.05) is 0 Å². The fourth-order valence-corrected chi connectivity index (χ4v) is 1.96. The fourth-order valence-electron chi connectivity index (χ4n) is 0.689. The highest BCUT2D eigenvalue weighted by Gasteiger charge is 2.23. The van der Waals surface area contributed by atoms with E-state index in [9.17, 15) is 8.42 Å². The van der Waals surface area contributed by atoms with Gasteiger partial charge in [0.05, 0.1) is 22.5 Å². The third-order valence-electron chi connectivity index (χ3n) is 2.03. The van der Waals surface area contributed by atoms with Crippen molar-refractivity contribution in [1.29, 1.82) is 5.26 Å². The smallest absolute Gasteiger partial charge is 0.152 e. The minimum Gasteiger partial charge on any atom is -0.229 e. The lowest BCUT2D eigenvalue weighted by atomic mass is 9.93. The average molecular weight is 203 g/mol. The van der Waals surface area contributed by atoms with Gasteiger partial charge in [-0.05, 0) is 34.1 Å². The first-order valence-electron chi connectivity index (χ1n) is 4.34. The maximum atomic E-state index is 11.4. The van der Waals surface area contributed by atoms with E-state index in [0.29, 0.717) is 6.42 Å². The molecule has 0 heterocycles. The summed E-state index contributed by atoms with van der Waals surface area (Å²) in [5.74, 6) is 0.102. The van der Waals surface area contributed by atoms with E-state index >= 15 is 0 Å². The predicted molar refractivity (Wildman–Crippen MR) is 52.9 cm³/mol. The summed E-state index contributed by atoms with van der Waals surface area (Å²) in [6.45, 7) is 6.83. The van der Waals surface area contributed by atoms with Gasteiger partial charge in [0.15, 0.2) is 9.84 Å². The molecule has 4 heteroatoms. The lowest BCUT2D eigenvalue weighted by molar-refractivity contribution is 0.472. The molecule has 0 aliphatic carbocycles. The number of sulfone groups is 1. The number of nitriles is 1. The molecule has 0 fully saturated rings. The van der Waals surface area contributed by atoms with Gasteiger partial charge in [-0.15, -0.1) is 0 Å². The highest BCUT2D eigenvalue weighted by atomic mass is 32.2. The van der Waals surface area contributed by atoms with Crippen LogP contribution in [0, 0.1) is 16.7 Å². The summed E-state index contributed by atoms with van der Waals surface area (Å²) in [6.07, 6.45) is 0.407. The summed E-state index contributed by atoms with van der Waals surface area (Å²) in [4.78, 5) is 0. The lowest BCUT2D eigenvalue weighted by Crippen LogP contribution is -2.22. The molecule has 0 unspecified atom stereocenters. The minimum absolute atomic E-state index is 0.102. The molecule has 0 spiro atoms. The molecule has 0 aliphatic heterocycles. The highest BCUT2D eigenvalue weighted by molar-refractivity contribution is 7.91. The van der Waals surface area contributed by atoms with Crippen molar-refractivity contribution >= 4 is 9.84 Å². The zero-order valence-electron chi connectivity index (χ0n) is 8.66. The molecule has 3 nitrogen and oxygen atoms in total. The Morgan fingerprint density at radius 2 is 1.85 bits per heavy atom. The Hall–Kier alpha value is -0.560. The molecule has 0 N–H and O–H groups in total. The SMILES string of the molecule is CC(C)S(=O)(=O)CCC(C)(C)C#N. The van der Waals surface area contributed by atoms with Crippen molar-refractivity contribution in [1.82, 2.24) is 0 Å². The normalized spacial score (nSPS) is 12.9. The second-order valence-corrected chi connectivity index (χ2v) is 6.84. The molecule has 0 saturated heterocycles. The monoisotopic (exact) mass is 203 g/mol. The van der Waals surface area contributed by atoms with Gasteiger partial charge in [0, 0.05) is 0 Å². The number of nitrogens with zero attached hydrogens (tertiary/aromatic N) is 1. The standard InChI is InChI=1S/C9H17NO2S/c1-8(2)13(11,12)6-5-9(3,4)7-10/h8H,5-6H2,1-4H3. The molecule has 0 aromatic heterocycles. The van der Waals surface area contributed by atoms with Crippen LogP contribution >= 0.6 is 0 Å². The van der Waals surface area contributed by atoms with E-state index < -0.39 is 15.3 Å². The van der Waals surface area contributed by atoms with Crippen LogP contribution in [0.2, 0.25) is 0 Å².